The number of nitrogens with zero attached hydrogens (tertiary/aromatic N) is 3. The van der Waals surface area contributed by atoms with E-state index >= 15 is 0 Å². The molecule has 0 bridgehead atoms. The summed E-state index contributed by atoms with van der Waals surface area (Å²) in [5, 5.41) is 7.27. The zero-order valence-corrected chi connectivity index (χ0v) is 26.0. The Morgan fingerprint density at radius 2 is 1.91 bits per heavy atom. The van der Waals surface area contributed by atoms with Crippen LogP contribution >= 0.6 is 23.4 Å². The van der Waals surface area contributed by atoms with Crippen molar-refractivity contribution < 1.29 is 32.0 Å². The van der Waals surface area contributed by atoms with Gasteiger partial charge in [-0.15, -0.1) is 11.8 Å². The molecule has 1 aromatic heterocycles. The van der Waals surface area contributed by atoms with E-state index in [1.807, 2.05) is 43.5 Å². The van der Waals surface area contributed by atoms with Crippen molar-refractivity contribution in [1.29, 1.82) is 0 Å². The summed E-state index contributed by atoms with van der Waals surface area (Å²) < 4.78 is 43.8. The number of amides is 2. The van der Waals surface area contributed by atoms with Crippen LogP contribution in [-0.4, -0.2) is 66.1 Å². The molecule has 44 heavy (non-hydrogen) atoms. The molecule has 2 amide bonds. The van der Waals surface area contributed by atoms with Crippen molar-refractivity contribution in [2.24, 2.45) is 0 Å². The fourth-order valence-electron chi connectivity index (χ4n) is 4.61. The number of aromatic nitrogens is 2. The monoisotopic (exact) mass is 656 g/mol. The van der Waals surface area contributed by atoms with Crippen LogP contribution in [0.2, 0.25) is 5.02 Å². The minimum absolute atomic E-state index is 0.0830. The fourth-order valence-corrected chi connectivity index (χ4v) is 6.24. The number of halogens is 1. The van der Waals surface area contributed by atoms with E-state index in [2.05, 4.69) is 10.4 Å². The zero-order chi connectivity index (χ0) is 31.3. The third kappa shape index (κ3) is 7.72. The number of ether oxygens (including phenoxy) is 2. The van der Waals surface area contributed by atoms with Gasteiger partial charge in [-0.2, -0.15) is 13.5 Å². The van der Waals surface area contributed by atoms with Gasteiger partial charge in [-0.25, -0.2) is 4.79 Å². The Bertz CT molecular complexity index is 1800. The maximum absolute atomic E-state index is 13.0. The summed E-state index contributed by atoms with van der Waals surface area (Å²) in [5.74, 6) is -0.152. The van der Waals surface area contributed by atoms with Gasteiger partial charge >= 0.3 is 6.09 Å². The first kappa shape index (κ1) is 31.4. The molecule has 0 saturated heterocycles. The molecule has 11 nitrogen and oxygen atoms in total. The molecule has 0 aliphatic carbocycles. The Hall–Kier alpha value is -4.04. The number of hydrogen-bond donors (Lipinski definition) is 2. The van der Waals surface area contributed by atoms with Crippen LogP contribution in [0.1, 0.15) is 21.5 Å². The van der Waals surface area contributed by atoms with Crippen LogP contribution in [0, 0.1) is 6.92 Å². The van der Waals surface area contributed by atoms with Gasteiger partial charge in [0.2, 0.25) is 0 Å². The second-order valence-corrected chi connectivity index (χ2v) is 12.8. The lowest BCUT2D eigenvalue weighted by Crippen LogP contribution is -2.36. The van der Waals surface area contributed by atoms with Gasteiger partial charge in [-0.3, -0.25) is 18.9 Å². The Morgan fingerprint density at radius 3 is 2.73 bits per heavy atom. The highest BCUT2D eigenvalue weighted by Gasteiger charge is 2.26. The van der Waals surface area contributed by atoms with E-state index in [0.717, 1.165) is 32.8 Å². The first-order valence-electron chi connectivity index (χ1n) is 13.5. The number of rotatable bonds is 10. The molecule has 0 radical (unpaired) electrons. The van der Waals surface area contributed by atoms with Crippen molar-refractivity contribution in [2.75, 3.05) is 36.3 Å². The van der Waals surface area contributed by atoms with Crippen LogP contribution in [0.5, 0.6) is 5.75 Å². The summed E-state index contributed by atoms with van der Waals surface area (Å²) >= 11 is 7.80. The third-order valence-corrected chi connectivity index (χ3v) is 8.77. The van der Waals surface area contributed by atoms with Crippen LogP contribution in [0.25, 0.3) is 11.1 Å². The number of thioether (sulfide) groups is 1. The molecular formula is C30H29ClN4O7S2. The topological polar surface area (TPSA) is 140 Å². The van der Waals surface area contributed by atoms with Crippen molar-refractivity contribution in [3.63, 3.8) is 0 Å². The van der Waals surface area contributed by atoms with Gasteiger partial charge in [-0.1, -0.05) is 41.9 Å². The lowest BCUT2D eigenvalue weighted by molar-refractivity contribution is 0.0958. The third-order valence-electron chi connectivity index (χ3n) is 6.74. The minimum Gasteiger partial charge on any atom is -0.490 e. The number of fused-ring (bicyclic) bond motifs is 1. The molecule has 0 unspecified atom stereocenters. The molecule has 230 valence electrons. The van der Waals surface area contributed by atoms with E-state index in [1.165, 1.54) is 0 Å². The quantitative estimate of drug-likeness (QED) is 0.173. The fraction of sp³-hybridized carbons (Fsp3) is 0.233. The number of benzene rings is 3. The van der Waals surface area contributed by atoms with Crippen molar-refractivity contribution in [3.05, 3.63) is 94.8 Å². The van der Waals surface area contributed by atoms with Gasteiger partial charge in [0.1, 0.15) is 24.8 Å². The normalized spacial score (nSPS) is 12.8. The van der Waals surface area contributed by atoms with Crippen LogP contribution in [0.3, 0.4) is 0 Å². The van der Waals surface area contributed by atoms with Gasteiger partial charge in [0.05, 0.1) is 18.4 Å². The minimum atomic E-state index is -4.33. The number of carbonyl (C=O) groups excluding carboxylic acids is 2. The maximum Gasteiger partial charge on any atom is 0.414 e. The highest BCUT2D eigenvalue weighted by Crippen LogP contribution is 2.42. The van der Waals surface area contributed by atoms with Gasteiger partial charge in [-0.05, 0) is 42.8 Å². The average molecular weight is 657 g/mol. The Kier molecular flexibility index (Phi) is 9.79. The molecule has 5 rings (SSSR count). The SMILES string of the molecule is Cc1c(Cl)cccc1OCCOC(=O)N1CCSc2c(-c3cnn(Cc4cccc(C(=O)NCS(=O)(=O)O)c4)c3)cccc21. The first-order valence-corrected chi connectivity index (χ1v) is 16.5. The van der Waals surface area contributed by atoms with Gasteiger partial charge < -0.3 is 14.8 Å². The van der Waals surface area contributed by atoms with E-state index in [9.17, 15) is 18.0 Å². The van der Waals surface area contributed by atoms with Gasteiger partial charge in [0, 0.05) is 50.7 Å². The lowest BCUT2D eigenvalue weighted by Gasteiger charge is -2.29. The molecule has 1 aliphatic heterocycles. The average Bonchev–Trinajstić information content (AvgIpc) is 3.47. The van der Waals surface area contributed by atoms with Crippen LogP contribution < -0.4 is 15.0 Å². The van der Waals surface area contributed by atoms with E-state index in [1.54, 1.807) is 57.9 Å². The molecule has 4 aromatic rings. The summed E-state index contributed by atoms with van der Waals surface area (Å²) in [6.45, 7) is 3.00. The Morgan fingerprint density at radius 1 is 1.11 bits per heavy atom. The molecule has 1 aliphatic rings. The number of nitrogens with one attached hydrogen (secondary N) is 1. The predicted molar refractivity (Wildman–Crippen MR) is 168 cm³/mol. The molecular weight excluding hydrogens is 628 g/mol. The zero-order valence-electron chi connectivity index (χ0n) is 23.6. The smallest absolute Gasteiger partial charge is 0.414 e. The molecule has 0 spiro atoms. The van der Waals surface area contributed by atoms with Crippen molar-refractivity contribution >= 4 is 51.2 Å². The standard InChI is InChI=1S/C30H29ClN4O7S2/c1-20-25(31)8-4-10-27(20)41-12-13-42-30(37)35-11-14-43-28-24(7-3-9-26(28)35)23-16-33-34(18-23)17-21-5-2-6-22(15-21)29(36)32-19-44(38,39)40/h2-10,15-16,18H,11-14,17,19H2,1H3,(H,32,36)(H,38,39,40). The largest absolute Gasteiger partial charge is 0.490 e. The highest BCUT2D eigenvalue weighted by molar-refractivity contribution is 7.99. The first-order chi connectivity index (χ1) is 21.1. The van der Waals surface area contributed by atoms with Crippen LogP contribution in [0.15, 0.2) is 78.0 Å². The predicted octanol–water partition coefficient (Wildman–Crippen LogP) is 5.26. The van der Waals surface area contributed by atoms with E-state index in [4.69, 9.17) is 25.6 Å². The van der Waals surface area contributed by atoms with Crippen LogP contribution in [-0.2, 0) is 21.4 Å². The Balaban J connectivity index is 1.24. The summed E-state index contributed by atoms with van der Waals surface area (Å²) in [7, 11) is -4.33. The van der Waals surface area contributed by atoms with Gasteiger partial charge in [0.15, 0.2) is 0 Å². The number of hydrogen-bond acceptors (Lipinski definition) is 8. The summed E-state index contributed by atoms with van der Waals surface area (Å²) in [6, 6.07) is 17.9. The Labute approximate surface area is 263 Å². The van der Waals surface area contributed by atoms with Gasteiger partial charge in [0.25, 0.3) is 16.0 Å². The summed E-state index contributed by atoms with van der Waals surface area (Å²) in [4.78, 5) is 27.9. The van der Waals surface area contributed by atoms with Crippen molar-refractivity contribution in [1.82, 2.24) is 15.1 Å². The molecule has 2 heterocycles. The second-order valence-electron chi connectivity index (χ2n) is 9.84. The number of carbonyl (C=O) groups is 2. The summed E-state index contributed by atoms with van der Waals surface area (Å²) in [6.07, 6.45) is 3.17. The highest BCUT2D eigenvalue weighted by atomic mass is 35.5. The molecule has 14 heteroatoms. The molecule has 0 fully saturated rings. The maximum atomic E-state index is 13.0. The molecule has 3 aromatic carbocycles. The van der Waals surface area contributed by atoms with Crippen molar-refractivity contribution in [3.8, 4) is 16.9 Å². The number of anilines is 1. The lowest BCUT2D eigenvalue weighted by atomic mass is 10.1. The molecule has 0 atom stereocenters. The van der Waals surface area contributed by atoms with Crippen LogP contribution in [0.4, 0.5) is 10.5 Å². The molecule has 2 N–H and O–H groups in total. The van der Waals surface area contributed by atoms with E-state index in [-0.39, 0.29) is 18.8 Å². The molecule has 0 saturated carbocycles. The van der Waals surface area contributed by atoms with E-state index < -0.39 is 28.0 Å². The second kappa shape index (κ2) is 13.7. The summed E-state index contributed by atoms with van der Waals surface area (Å²) in [5.41, 5.74) is 4.39. The van der Waals surface area contributed by atoms with E-state index in [0.29, 0.717) is 29.6 Å². The van der Waals surface area contributed by atoms with Crippen molar-refractivity contribution in [2.45, 2.75) is 18.4 Å².